The van der Waals surface area contributed by atoms with Crippen LogP contribution in [0, 0.1) is 17.0 Å². The quantitative estimate of drug-likeness (QED) is 0.472. The summed E-state index contributed by atoms with van der Waals surface area (Å²) in [6, 6.07) is 6.25. The van der Waals surface area contributed by atoms with Crippen LogP contribution >= 0.6 is 22.7 Å². The number of hydrogen-bond acceptors (Lipinski definition) is 8. The number of nitro groups is 1. The van der Waals surface area contributed by atoms with E-state index in [0.29, 0.717) is 22.4 Å². The zero-order chi connectivity index (χ0) is 18.7. The van der Waals surface area contributed by atoms with Gasteiger partial charge in [-0.3, -0.25) is 14.9 Å². The van der Waals surface area contributed by atoms with Gasteiger partial charge in [0.2, 0.25) is 5.91 Å². The number of hydrogen-bond donors (Lipinski definition) is 2. The van der Waals surface area contributed by atoms with Crippen LogP contribution in [0.4, 0.5) is 21.6 Å². The Morgan fingerprint density at radius 3 is 2.85 bits per heavy atom. The zero-order valence-electron chi connectivity index (χ0n) is 14.0. The first-order valence-electron chi connectivity index (χ1n) is 7.71. The van der Waals surface area contributed by atoms with Gasteiger partial charge in [0.1, 0.15) is 0 Å². The topological polar surface area (TPSA) is 110 Å². The average molecular weight is 389 g/mol. The van der Waals surface area contributed by atoms with Crippen LogP contribution in [0.3, 0.4) is 0 Å². The Balaban J connectivity index is 1.79. The summed E-state index contributed by atoms with van der Waals surface area (Å²) < 4.78 is 0. The highest BCUT2D eigenvalue weighted by Crippen LogP contribution is 2.35. The Morgan fingerprint density at radius 1 is 1.31 bits per heavy atom. The van der Waals surface area contributed by atoms with Gasteiger partial charge >= 0.3 is 0 Å². The fourth-order valence-corrected chi connectivity index (χ4v) is 3.89. The highest BCUT2D eigenvalue weighted by atomic mass is 32.1. The minimum atomic E-state index is -0.439. The molecule has 3 aromatic rings. The van der Waals surface area contributed by atoms with Gasteiger partial charge in [-0.25, -0.2) is 9.97 Å². The third kappa shape index (κ3) is 4.03. The summed E-state index contributed by atoms with van der Waals surface area (Å²) in [6.45, 7) is 3.64. The lowest BCUT2D eigenvalue weighted by Gasteiger charge is -2.01. The van der Waals surface area contributed by atoms with E-state index in [-0.39, 0.29) is 11.6 Å². The van der Waals surface area contributed by atoms with Crippen LogP contribution < -0.4 is 10.6 Å². The Kier molecular flexibility index (Phi) is 5.24. The summed E-state index contributed by atoms with van der Waals surface area (Å²) in [5, 5.41) is 19.7. The van der Waals surface area contributed by atoms with E-state index in [1.165, 1.54) is 34.8 Å². The molecule has 1 amide bonds. The summed E-state index contributed by atoms with van der Waals surface area (Å²) in [5.74, 6) is -0.0865. The number of nitrogens with one attached hydrogen (secondary N) is 2. The molecule has 0 fully saturated rings. The van der Waals surface area contributed by atoms with Crippen LogP contribution in [0.25, 0.3) is 10.6 Å². The third-order valence-electron chi connectivity index (χ3n) is 3.41. The molecule has 0 saturated heterocycles. The van der Waals surface area contributed by atoms with Crippen molar-refractivity contribution in [3.63, 3.8) is 0 Å². The average Bonchev–Trinajstić information content (AvgIpc) is 3.21. The number of benzene rings is 1. The molecule has 0 aliphatic heterocycles. The van der Waals surface area contributed by atoms with Gasteiger partial charge in [0, 0.05) is 29.6 Å². The molecule has 0 aliphatic rings. The van der Waals surface area contributed by atoms with Crippen LogP contribution in [-0.4, -0.2) is 20.8 Å². The second-order valence-corrected chi connectivity index (χ2v) is 7.16. The number of thiazole rings is 2. The monoisotopic (exact) mass is 389 g/mol. The maximum absolute atomic E-state index is 11.5. The molecule has 134 valence electrons. The van der Waals surface area contributed by atoms with Gasteiger partial charge in [0.25, 0.3) is 5.69 Å². The largest absolute Gasteiger partial charge is 0.331 e. The number of rotatable bonds is 6. The van der Waals surface area contributed by atoms with Gasteiger partial charge in [-0.2, -0.15) is 0 Å². The van der Waals surface area contributed by atoms with Crippen molar-refractivity contribution in [3.05, 3.63) is 45.5 Å². The number of anilines is 3. The van der Waals surface area contributed by atoms with Crippen molar-refractivity contribution in [3.8, 4) is 10.6 Å². The maximum Gasteiger partial charge on any atom is 0.271 e. The molecule has 0 atom stereocenters. The Morgan fingerprint density at radius 2 is 2.12 bits per heavy atom. The molecular formula is C16H15N5O3S2. The Bertz CT molecular complexity index is 966. The maximum atomic E-state index is 11.5. The van der Waals surface area contributed by atoms with E-state index in [2.05, 4.69) is 20.6 Å². The zero-order valence-corrected chi connectivity index (χ0v) is 15.6. The third-order valence-corrected chi connectivity index (χ3v) is 5.26. The molecule has 10 heteroatoms. The first-order valence-corrected chi connectivity index (χ1v) is 9.40. The van der Waals surface area contributed by atoms with E-state index in [1.807, 2.05) is 12.3 Å². The molecule has 0 aliphatic carbocycles. The number of carbonyl (C=O) groups is 1. The number of amides is 1. The Hall–Kier alpha value is -2.85. The fourth-order valence-electron chi connectivity index (χ4n) is 2.15. The van der Waals surface area contributed by atoms with Gasteiger partial charge in [0.15, 0.2) is 10.3 Å². The van der Waals surface area contributed by atoms with Crippen molar-refractivity contribution in [2.24, 2.45) is 0 Å². The number of carbonyl (C=O) groups excluding carboxylic acids is 1. The molecular weight excluding hydrogens is 374 g/mol. The highest BCUT2D eigenvalue weighted by Gasteiger charge is 2.15. The number of non-ortho nitro benzene ring substituents is 1. The SMILES string of the molecule is CCC(=O)Nc1nc(C)c(-c2csc(Nc3cccc([N+](=O)[O-])c3)n2)s1. The van der Waals surface area contributed by atoms with Crippen molar-refractivity contribution < 1.29 is 9.72 Å². The predicted molar refractivity (Wildman–Crippen MR) is 103 cm³/mol. The molecule has 0 bridgehead atoms. The molecule has 2 N–H and O–H groups in total. The van der Waals surface area contributed by atoms with E-state index in [4.69, 9.17) is 0 Å². The summed E-state index contributed by atoms with van der Waals surface area (Å²) in [5.41, 5.74) is 2.14. The molecule has 0 unspecified atom stereocenters. The smallest absolute Gasteiger partial charge is 0.271 e. The molecule has 2 aromatic heterocycles. The predicted octanol–water partition coefficient (Wildman–Crippen LogP) is 4.58. The van der Waals surface area contributed by atoms with E-state index >= 15 is 0 Å². The number of nitro benzene ring substituents is 1. The number of aryl methyl sites for hydroxylation is 1. The summed E-state index contributed by atoms with van der Waals surface area (Å²) >= 11 is 2.76. The molecule has 0 spiro atoms. The van der Waals surface area contributed by atoms with Gasteiger partial charge in [-0.1, -0.05) is 24.3 Å². The van der Waals surface area contributed by atoms with Gasteiger partial charge in [-0.05, 0) is 13.0 Å². The van der Waals surface area contributed by atoms with Crippen LogP contribution in [0.2, 0.25) is 0 Å². The van der Waals surface area contributed by atoms with Crippen LogP contribution in [0.1, 0.15) is 19.0 Å². The van der Waals surface area contributed by atoms with Crippen molar-refractivity contribution in [2.45, 2.75) is 20.3 Å². The van der Waals surface area contributed by atoms with Crippen LogP contribution in [0.15, 0.2) is 29.6 Å². The fraction of sp³-hybridized carbons (Fsp3) is 0.188. The molecule has 2 heterocycles. The molecule has 26 heavy (non-hydrogen) atoms. The lowest BCUT2D eigenvalue weighted by molar-refractivity contribution is -0.384. The van der Waals surface area contributed by atoms with Gasteiger partial charge < -0.3 is 10.6 Å². The van der Waals surface area contributed by atoms with Gasteiger partial charge in [0.05, 0.1) is 21.2 Å². The Labute approximate surface area is 157 Å². The first-order chi connectivity index (χ1) is 12.5. The van der Waals surface area contributed by atoms with E-state index in [0.717, 1.165) is 16.3 Å². The summed E-state index contributed by atoms with van der Waals surface area (Å²) in [4.78, 5) is 31.7. The highest BCUT2D eigenvalue weighted by molar-refractivity contribution is 7.20. The lowest BCUT2D eigenvalue weighted by Crippen LogP contribution is -2.08. The number of nitrogens with zero attached hydrogens (tertiary/aromatic N) is 3. The molecule has 0 radical (unpaired) electrons. The number of aromatic nitrogens is 2. The molecule has 0 saturated carbocycles. The second kappa shape index (κ2) is 7.58. The van der Waals surface area contributed by atoms with E-state index in [1.54, 1.807) is 19.1 Å². The molecule has 8 nitrogen and oxygen atoms in total. The summed E-state index contributed by atoms with van der Waals surface area (Å²) in [7, 11) is 0. The molecule has 1 aromatic carbocycles. The van der Waals surface area contributed by atoms with E-state index < -0.39 is 4.92 Å². The van der Waals surface area contributed by atoms with Gasteiger partial charge in [-0.15, -0.1) is 11.3 Å². The molecule has 3 rings (SSSR count). The van der Waals surface area contributed by atoms with Crippen LogP contribution in [0.5, 0.6) is 0 Å². The normalized spacial score (nSPS) is 10.5. The van der Waals surface area contributed by atoms with Crippen molar-refractivity contribution in [1.82, 2.24) is 9.97 Å². The second-order valence-electron chi connectivity index (χ2n) is 5.31. The standard InChI is InChI=1S/C16H15N5O3S2/c1-3-13(22)20-16-17-9(2)14(26-16)12-8-25-15(19-12)18-10-5-4-6-11(7-10)21(23)24/h4-8H,3H2,1-2H3,(H,18,19)(H,17,20,22). The minimum absolute atomic E-state index is 0.0152. The summed E-state index contributed by atoms with van der Waals surface area (Å²) in [6.07, 6.45) is 0.391. The van der Waals surface area contributed by atoms with Crippen molar-refractivity contribution in [2.75, 3.05) is 10.6 Å². The lowest BCUT2D eigenvalue weighted by atomic mass is 10.3. The van der Waals surface area contributed by atoms with E-state index in [9.17, 15) is 14.9 Å². The van der Waals surface area contributed by atoms with Crippen LogP contribution in [-0.2, 0) is 4.79 Å². The van der Waals surface area contributed by atoms with Crippen molar-refractivity contribution >= 4 is 50.2 Å². The first kappa shape index (κ1) is 18.0. The minimum Gasteiger partial charge on any atom is -0.331 e. The van der Waals surface area contributed by atoms with Crippen molar-refractivity contribution in [1.29, 1.82) is 0 Å².